The van der Waals surface area contributed by atoms with E-state index >= 15 is 0 Å². The molecule has 1 N–H and O–H groups in total. The van der Waals surface area contributed by atoms with Gasteiger partial charge in [-0.25, -0.2) is 0 Å². The summed E-state index contributed by atoms with van der Waals surface area (Å²) in [5.41, 5.74) is 1.80. The zero-order chi connectivity index (χ0) is 9.97. The third-order valence-electron chi connectivity index (χ3n) is 1.86. The molecule has 0 saturated heterocycles. The molecule has 0 amide bonds. The van der Waals surface area contributed by atoms with Gasteiger partial charge in [0, 0.05) is 18.0 Å². The molecule has 4 nitrogen and oxygen atoms in total. The number of pyridine rings is 1. The van der Waals surface area contributed by atoms with Gasteiger partial charge in [0.25, 0.3) is 0 Å². The lowest BCUT2D eigenvalue weighted by Crippen LogP contribution is -1.98. The SMILES string of the molecule is Cc1cncc(C(O)c2cnns2)c1. The van der Waals surface area contributed by atoms with Crippen LogP contribution in [0.4, 0.5) is 0 Å². The topological polar surface area (TPSA) is 58.9 Å². The Morgan fingerprint density at radius 3 is 2.86 bits per heavy atom. The fraction of sp³-hybridized carbons (Fsp3) is 0.222. The fourth-order valence-corrected chi connectivity index (χ4v) is 1.71. The monoisotopic (exact) mass is 207 g/mol. The van der Waals surface area contributed by atoms with Crippen LogP contribution in [0, 0.1) is 6.92 Å². The highest BCUT2D eigenvalue weighted by atomic mass is 32.1. The summed E-state index contributed by atoms with van der Waals surface area (Å²) in [7, 11) is 0. The molecule has 0 spiro atoms. The van der Waals surface area contributed by atoms with Gasteiger partial charge < -0.3 is 5.11 Å². The maximum atomic E-state index is 9.90. The van der Waals surface area contributed by atoms with Crippen molar-refractivity contribution >= 4 is 11.5 Å². The van der Waals surface area contributed by atoms with Crippen LogP contribution >= 0.6 is 11.5 Å². The van der Waals surface area contributed by atoms with Crippen molar-refractivity contribution in [2.24, 2.45) is 0 Å². The van der Waals surface area contributed by atoms with Crippen LogP contribution < -0.4 is 0 Å². The van der Waals surface area contributed by atoms with E-state index in [1.54, 1.807) is 18.6 Å². The van der Waals surface area contributed by atoms with Crippen LogP contribution in [0.15, 0.2) is 24.7 Å². The summed E-state index contributed by atoms with van der Waals surface area (Å²) in [5, 5.41) is 13.6. The number of hydrogen-bond donors (Lipinski definition) is 1. The number of aliphatic hydroxyl groups excluding tert-OH is 1. The highest BCUT2D eigenvalue weighted by molar-refractivity contribution is 7.05. The lowest BCUT2D eigenvalue weighted by molar-refractivity contribution is 0.223. The Morgan fingerprint density at radius 2 is 2.21 bits per heavy atom. The van der Waals surface area contributed by atoms with E-state index in [0.717, 1.165) is 16.0 Å². The number of hydrogen-bond acceptors (Lipinski definition) is 5. The van der Waals surface area contributed by atoms with Crippen molar-refractivity contribution in [2.75, 3.05) is 0 Å². The maximum Gasteiger partial charge on any atom is 0.118 e. The van der Waals surface area contributed by atoms with Crippen molar-refractivity contribution in [3.63, 3.8) is 0 Å². The maximum absolute atomic E-state index is 9.90. The van der Waals surface area contributed by atoms with Crippen LogP contribution in [0.2, 0.25) is 0 Å². The molecular formula is C9H9N3OS. The minimum atomic E-state index is -0.664. The Balaban J connectivity index is 2.32. The van der Waals surface area contributed by atoms with E-state index in [9.17, 15) is 5.11 Å². The summed E-state index contributed by atoms with van der Waals surface area (Å²) in [6.07, 6.45) is 4.30. The molecule has 0 aliphatic carbocycles. The van der Waals surface area contributed by atoms with E-state index in [1.807, 2.05) is 13.0 Å². The van der Waals surface area contributed by atoms with Crippen LogP contribution in [0.25, 0.3) is 0 Å². The van der Waals surface area contributed by atoms with E-state index in [2.05, 4.69) is 14.6 Å². The van der Waals surface area contributed by atoms with Crippen molar-refractivity contribution in [3.8, 4) is 0 Å². The quantitative estimate of drug-likeness (QED) is 0.807. The minimum absolute atomic E-state index is 0.664. The number of aryl methyl sites for hydroxylation is 1. The molecule has 1 unspecified atom stereocenters. The van der Waals surface area contributed by atoms with Gasteiger partial charge in [-0.1, -0.05) is 10.6 Å². The van der Waals surface area contributed by atoms with Crippen LogP contribution in [0.5, 0.6) is 0 Å². The summed E-state index contributed by atoms with van der Waals surface area (Å²) in [5.74, 6) is 0. The van der Waals surface area contributed by atoms with Gasteiger partial charge in [0.2, 0.25) is 0 Å². The van der Waals surface area contributed by atoms with Crippen molar-refractivity contribution in [1.82, 2.24) is 14.6 Å². The smallest absolute Gasteiger partial charge is 0.118 e. The first kappa shape index (κ1) is 9.23. The third-order valence-corrected chi connectivity index (χ3v) is 2.58. The molecule has 0 aliphatic heterocycles. The van der Waals surface area contributed by atoms with E-state index in [4.69, 9.17) is 0 Å². The minimum Gasteiger partial charge on any atom is -0.383 e. The highest BCUT2D eigenvalue weighted by Gasteiger charge is 2.12. The average molecular weight is 207 g/mol. The van der Waals surface area contributed by atoms with Crippen molar-refractivity contribution in [2.45, 2.75) is 13.0 Å². The van der Waals surface area contributed by atoms with Gasteiger partial charge in [-0.2, -0.15) is 0 Å². The number of nitrogens with zero attached hydrogens (tertiary/aromatic N) is 3. The molecular weight excluding hydrogens is 198 g/mol. The molecule has 0 aliphatic rings. The van der Waals surface area contributed by atoms with Gasteiger partial charge in [-0.05, 0) is 24.0 Å². The van der Waals surface area contributed by atoms with Gasteiger partial charge in [-0.15, -0.1) is 5.10 Å². The van der Waals surface area contributed by atoms with Crippen molar-refractivity contribution in [3.05, 3.63) is 40.7 Å². The first-order valence-corrected chi connectivity index (χ1v) is 4.91. The molecule has 2 aromatic heterocycles. The second-order valence-electron chi connectivity index (χ2n) is 3.02. The molecule has 72 valence electrons. The molecule has 0 fully saturated rings. The normalized spacial score (nSPS) is 12.7. The van der Waals surface area contributed by atoms with E-state index in [1.165, 1.54) is 11.5 Å². The largest absolute Gasteiger partial charge is 0.383 e. The first-order chi connectivity index (χ1) is 6.77. The summed E-state index contributed by atoms with van der Waals surface area (Å²) in [4.78, 5) is 4.75. The fourth-order valence-electron chi connectivity index (χ4n) is 1.19. The Hall–Kier alpha value is -1.33. The lowest BCUT2D eigenvalue weighted by atomic mass is 10.1. The molecule has 2 aromatic rings. The van der Waals surface area contributed by atoms with Crippen LogP contribution in [0.1, 0.15) is 22.1 Å². The molecule has 0 radical (unpaired) electrons. The van der Waals surface area contributed by atoms with Crippen LogP contribution in [-0.4, -0.2) is 19.7 Å². The Morgan fingerprint density at radius 1 is 1.36 bits per heavy atom. The molecule has 0 aromatic carbocycles. The number of aromatic nitrogens is 3. The summed E-state index contributed by atoms with van der Waals surface area (Å²) < 4.78 is 3.70. The molecule has 2 rings (SSSR count). The number of rotatable bonds is 2. The summed E-state index contributed by atoms with van der Waals surface area (Å²) in [6.45, 7) is 1.94. The predicted molar refractivity (Wildman–Crippen MR) is 52.9 cm³/mol. The molecule has 2 heterocycles. The predicted octanol–water partition coefficient (Wildman–Crippen LogP) is 1.32. The highest BCUT2D eigenvalue weighted by Crippen LogP contribution is 2.23. The van der Waals surface area contributed by atoms with E-state index in [0.29, 0.717) is 0 Å². The van der Waals surface area contributed by atoms with Crippen LogP contribution in [0.3, 0.4) is 0 Å². The van der Waals surface area contributed by atoms with E-state index < -0.39 is 6.10 Å². The molecule has 14 heavy (non-hydrogen) atoms. The Kier molecular flexibility index (Phi) is 2.51. The van der Waals surface area contributed by atoms with Gasteiger partial charge in [0.05, 0.1) is 11.1 Å². The van der Waals surface area contributed by atoms with Crippen molar-refractivity contribution in [1.29, 1.82) is 0 Å². The molecule has 5 heteroatoms. The molecule has 1 atom stereocenters. The second kappa shape index (κ2) is 3.81. The zero-order valence-electron chi connectivity index (χ0n) is 7.58. The first-order valence-electron chi connectivity index (χ1n) is 4.14. The molecule has 0 bridgehead atoms. The van der Waals surface area contributed by atoms with Gasteiger partial charge in [-0.3, -0.25) is 4.98 Å². The Bertz CT molecular complexity index is 416. The summed E-state index contributed by atoms with van der Waals surface area (Å²) >= 11 is 1.19. The number of aliphatic hydroxyl groups is 1. The average Bonchev–Trinajstić information content (AvgIpc) is 2.69. The molecule has 0 saturated carbocycles. The third kappa shape index (κ3) is 1.78. The Labute approximate surface area is 85.4 Å². The van der Waals surface area contributed by atoms with Crippen molar-refractivity contribution < 1.29 is 5.11 Å². The van der Waals surface area contributed by atoms with Gasteiger partial charge in [0.1, 0.15) is 6.10 Å². The van der Waals surface area contributed by atoms with Gasteiger partial charge >= 0.3 is 0 Å². The zero-order valence-corrected chi connectivity index (χ0v) is 8.40. The lowest BCUT2D eigenvalue weighted by Gasteiger charge is -2.07. The summed E-state index contributed by atoms with van der Waals surface area (Å²) in [6, 6.07) is 1.90. The van der Waals surface area contributed by atoms with Crippen LogP contribution in [-0.2, 0) is 0 Å². The van der Waals surface area contributed by atoms with Gasteiger partial charge in [0.15, 0.2) is 0 Å². The second-order valence-corrected chi connectivity index (χ2v) is 3.84. The standard InChI is InChI=1S/C9H9N3OS/c1-6-2-7(4-10-3-6)9(13)8-5-11-12-14-8/h2-5,9,13H,1H3. The van der Waals surface area contributed by atoms with E-state index in [-0.39, 0.29) is 0 Å².